The second-order valence-electron chi connectivity index (χ2n) is 14.2. The first-order chi connectivity index (χ1) is 21.0. The summed E-state index contributed by atoms with van der Waals surface area (Å²) in [7, 11) is -2.26. The van der Waals surface area contributed by atoms with Crippen LogP contribution < -0.4 is 15.1 Å². The number of anilines is 1. The summed E-state index contributed by atoms with van der Waals surface area (Å²) >= 11 is 6.53. The number of pyridine rings is 1. The molecule has 0 unspecified atom stereocenters. The summed E-state index contributed by atoms with van der Waals surface area (Å²) in [6.45, 7) is 15.9. The SMILES string of the molecule is C#CCn1cc(C[C@H](N)C(=O)N2CC(C)(C)c3nc(O[Si](C)(C)C(C)(C)C)c(Cc4ccc(F)cc4)cc32)c2cccc(Cl)c21. The fourth-order valence-electron chi connectivity index (χ4n) is 5.71. The van der Waals surface area contributed by atoms with Crippen LogP contribution in [0.1, 0.15) is 57.0 Å². The number of benzene rings is 2. The third-order valence-electron chi connectivity index (χ3n) is 9.21. The number of halogens is 2. The first-order valence-corrected chi connectivity index (χ1v) is 18.6. The molecular formula is C36H42ClFN4O2Si. The summed E-state index contributed by atoms with van der Waals surface area (Å²) in [6.07, 6.45) is 8.36. The lowest BCUT2D eigenvalue weighted by atomic mass is 9.91. The van der Waals surface area contributed by atoms with E-state index in [1.807, 2.05) is 35.0 Å². The lowest BCUT2D eigenvalue weighted by Gasteiger charge is -2.36. The molecule has 1 atom stereocenters. The van der Waals surface area contributed by atoms with E-state index in [4.69, 9.17) is 33.2 Å². The number of hydrogen-bond donors (Lipinski definition) is 1. The minimum Gasteiger partial charge on any atom is -0.530 e. The summed E-state index contributed by atoms with van der Waals surface area (Å²) in [5.74, 6) is 2.78. The highest BCUT2D eigenvalue weighted by Crippen LogP contribution is 2.44. The van der Waals surface area contributed by atoms with E-state index >= 15 is 0 Å². The Hall–Kier alpha value is -3.64. The van der Waals surface area contributed by atoms with Gasteiger partial charge in [0.05, 0.1) is 34.5 Å². The van der Waals surface area contributed by atoms with Crippen LogP contribution in [0.3, 0.4) is 0 Å². The highest BCUT2D eigenvalue weighted by atomic mass is 35.5. The van der Waals surface area contributed by atoms with Crippen molar-refractivity contribution >= 4 is 42.4 Å². The van der Waals surface area contributed by atoms with Gasteiger partial charge in [0.25, 0.3) is 8.32 Å². The van der Waals surface area contributed by atoms with Crippen molar-refractivity contribution in [3.63, 3.8) is 0 Å². The molecule has 5 rings (SSSR count). The predicted octanol–water partition coefficient (Wildman–Crippen LogP) is 7.63. The zero-order chi connectivity index (χ0) is 32.9. The van der Waals surface area contributed by atoms with E-state index in [0.717, 1.165) is 39.0 Å². The Bertz CT molecular complexity index is 1800. The van der Waals surface area contributed by atoms with Gasteiger partial charge in [0, 0.05) is 35.5 Å². The van der Waals surface area contributed by atoms with Crippen LogP contribution in [-0.4, -0.2) is 36.4 Å². The van der Waals surface area contributed by atoms with Crippen LogP contribution in [0.2, 0.25) is 23.2 Å². The van der Waals surface area contributed by atoms with Crippen LogP contribution >= 0.6 is 11.6 Å². The van der Waals surface area contributed by atoms with Crippen LogP contribution in [0.5, 0.6) is 5.88 Å². The zero-order valence-electron chi connectivity index (χ0n) is 27.2. The second-order valence-corrected chi connectivity index (χ2v) is 19.4. The topological polar surface area (TPSA) is 73.4 Å². The van der Waals surface area contributed by atoms with Crippen molar-refractivity contribution in [2.45, 2.75) is 83.6 Å². The Morgan fingerprint density at radius 1 is 1.20 bits per heavy atom. The molecule has 0 spiro atoms. The molecule has 0 saturated heterocycles. The van der Waals surface area contributed by atoms with E-state index in [1.54, 1.807) is 17.0 Å². The quantitative estimate of drug-likeness (QED) is 0.158. The summed E-state index contributed by atoms with van der Waals surface area (Å²) in [5.41, 5.74) is 11.3. The molecule has 0 saturated carbocycles. The third-order valence-corrected chi connectivity index (χ3v) is 13.8. The number of terminal acetylenes is 1. The normalized spacial score (nSPS) is 15.2. The maximum atomic E-state index is 14.1. The van der Waals surface area contributed by atoms with Gasteiger partial charge in [-0.15, -0.1) is 6.42 Å². The number of nitrogens with two attached hydrogens (primary N) is 1. The smallest absolute Gasteiger partial charge is 0.252 e. The Morgan fingerprint density at radius 3 is 2.53 bits per heavy atom. The van der Waals surface area contributed by atoms with E-state index in [9.17, 15) is 9.18 Å². The van der Waals surface area contributed by atoms with E-state index in [-0.39, 0.29) is 16.8 Å². The third kappa shape index (κ3) is 6.39. The average Bonchev–Trinajstić information content (AvgIpc) is 3.43. The van der Waals surface area contributed by atoms with Gasteiger partial charge < -0.3 is 19.6 Å². The summed E-state index contributed by atoms with van der Waals surface area (Å²) < 4.78 is 22.5. The van der Waals surface area contributed by atoms with Crippen molar-refractivity contribution in [3.8, 4) is 18.2 Å². The molecular weight excluding hydrogens is 603 g/mol. The highest BCUT2D eigenvalue weighted by molar-refractivity contribution is 6.74. The van der Waals surface area contributed by atoms with Crippen molar-refractivity contribution in [2.75, 3.05) is 11.4 Å². The second kappa shape index (κ2) is 11.9. The summed E-state index contributed by atoms with van der Waals surface area (Å²) in [4.78, 5) is 21.0. The fraction of sp³-hybridized carbons (Fsp3) is 0.389. The van der Waals surface area contributed by atoms with Crippen molar-refractivity contribution in [2.24, 2.45) is 5.73 Å². The number of carbonyl (C=O) groups excluding carboxylic acids is 1. The first kappa shape index (κ1) is 32.7. The van der Waals surface area contributed by atoms with E-state index in [0.29, 0.717) is 36.8 Å². The largest absolute Gasteiger partial charge is 0.530 e. The Labute approximate surface area is 271 Å². The molecule has 2 N–H and O–H groups in total. The maximum absolute atomic E-state index is 14.1. The predicted molar refractivity (Wildman–Crippen MR) is 184 cm³/mol. The monoisotopic (exact) mass is 644 g/mol. The van der Waals surface area contributed by atoms with Crippen molar-refractivity contribution in [3.05, 3.63) is 88.0 Å². The number of nitrogens with zero attached hydrogens (tertiary/aromatic N) is 3. The number of rotatable bonds is 8. The van der Waals surface area contributed by atoms with Crippen molar-refractivity contribution < 1.29 is 13.6 Å². The van der Waals surface area contributed by atoms with Gasteiger partial charge in [-0.1, -0.05) is 76.4 Å². The number of aromatic nitrogens is 2. The van der Waals surface area contributed by atoms with Gasteiger partial charge in [0.1, 0.15) is 5.82 Å². The average molecular weight is 645 g/mol. The molecule has 2 aromatic carbocycles. The standard InChI is InChI=1S/C36H42ClFN4O2Si/c1-9-17-41-21-25(27-11-10-12-28(37)31(27)41)19-29(39)34(43)42-22-36(5,6)32-30(42)20-24(18-23-13-15-26(38)16-14-23)33(40-32)44-45(7,8)35(2,3)4/h1,10-16,20-21,29H,17-19,22,39H2,2-8H3/t29-/m0/s1. The molecule has 6 nitrogen and oxygen atoms in total. The van der Waals surface area contributed by atoms with Gasteiger partial charge in [0.2, 0.25) is 11.8 Å². The Balaban J connectivity index is 1.53. The molecule has 0 radical (unpaired) electrons. The molecule has 1 aliphatic rings. The number of amides is 1. The molecule has 1 amide bonds. The Kier molecular flexibility index (Phi) is 8.69. The first-order valence-electron chi connectivity index (χ1n) is 15.3. The fourth-order valence-corrected chi connectivity index (χ4v) is 6.96. The van der Waals surface area contributed by atoms with E-state index in [1.165, 1.54) is 12.1 Å². The van der Waals surface area contributed by atoms with E-state index < -0.39 is 19.8 Å². The molecule has 45 heavy (non-hydrogen) atoms. The van der Waals surface area contributed by atoms with Crippen LogP contribution in [0.15, 0.2) is 54.7 Å². The molecule has 0 fully saturated rings. The molecule has 0 aliphatic carbocycles. The maximum Gasteiger partial charge on any atom is 0.252 e. The van der Waals surface area contributed by atoms with Crippen LogP contribution in [-0.2, 0) is 29.6 Å². The van der Waals surface area contributed by atoms with Gasteiger partial charge in [-0.25, -0.2) is 9.37 Å². The minimum absolute atomic E-state index is 0.0430. The van der Waals surface area contributed by atoms with Crippen LogP contribution in [0, 0.1) is 18.2 Å². The minimum atomic E-state index is -2.26. The molecule has 2 aromatic heterocycles. The highest BCUT2D eigenvalue weighted by Gasteiger charge is 2.44. The van der Waals surface area contributed by atoms with Crippen molar-refractivity contribution in [1.82, 2.24) is 9.55 Å². The molecule has 1 aliphatic heterocycles. The number of para-hydroxylation sites is 1. The summed E-state index contributed by atoms with van der Waals surface area (Å²) in [6, 6.07) is 13.4. The van der Waals surface area contributed by atoms with Crippen molar-refractivity contribution in [1.29, 1.82) is 0 Å². The summed E-state index contributed by atoms with van der Waals surface area (Å²) in [5, 5.41) is 1.48. The zero-order valence-corrected chi connectivity index (χ0v) is 28.9. The lowest BCUT2D eigenvalue weighted by Crippen LogP contribution is -2.46. The number of carbonyl (C=O) groups is 1. The van der Waals surface area contributed by atoms with Gasteiger partial charge >= 0.3 is 0 Å². The number of fused-ring (bicyclic) bond motifs is 2. The molecule has 236 valence electrons. The molecule has 0 bridgehead atoms. The van der Waals surface area contributed by atoms with Crippen LogP contribution in [0.4, 0.5) is 10.1 Å². The van der Waals surface area contributed by atoms with Gasteiger partial charge in [-0.3, -0.25) is 4.79 Å². The van der Waals surface area contributed by atoms with Crippen LogP contribution in [0.25, 0.3) is 10.9 Å². The lowest BCUT2D eigenvalue weighted by molar-refractivity contribution is -0.119. The Morgan fingerprint density at radius 2 is 1.89 bits per heavy atom. The molecule has 4 aromatic rings. The van der Waals surface area contributed by atoms with Gasteiger partial charge in [-0.2, -0.15) is 0 Å². The van der Waals surface area contributed by atoms with Gasteiger partial charge in [0.15, 0.2) is 0 Å². The molecule has 9 heteroatoms. The van der Waals surface area contributed by atoms with Gasteiger partial charge in [-0.05, 0) is 59.9 Å². The van der Waals surface area contributed by atoms with E-state index in [2.05, 4.69) is 53.6 Å². The molecule has 3 heterocycles. The number of hydrogen-bond acceptors (Lipinski definition) is 4.